The van der Waals surface area contributed by atoms with Crippen molar-refractivity contribution < 1.29 is 54.4 Å². The zero-order chi connectivity index (χ0) is 20.9. The smallest absolute Gasteiger partial charge is 0.303 e. The van der Waals surface area contributed by atoms with E-state index in [4.69, 9.17) is 18.9 Å². The average Bonchev–Trinajstić information content (AvgIpc) is 2.81. The quantitative estimate of drug-likeness (QED) is 0.264. The van der Waals surface area contributed by atoms with E-state index in [2.05, 4.69) is 0 Å². The summed E-state index contributed by atoms with van der Waals surface area (Å²) >= 11 is 0. The first-order chi connectivity index (χ1) is 13.0. The lowest BCUT2D eigenvalue weighted by molar-refractivity contribution is -0.351. The summed E-state index contributed by atoms with van der Waals surface area (Å²) in [5, 5.41) is 60.6. The van der Waals surface area contributed by atoms with Gasteiger partial charge in [0.25, 0.3) is 0 Å². The maximum absolute atomic E-state index is 11.6. The van der Waals surface area contributed by atoms with Gasteiger partial charge in [-0.25, -0.2) is 0 Å². The first kappa shape index (κ1) is 21.4. The monoisotopic (exact) mass is 406 g/mol. The maximum Gasteiger partial charge on any atom is 0.303 e. The van der Waals surface area contributed by atoms with Crippen molar-refractivity contribution in [1.82, 2.24) is 0 Å². The van der Waals surface area contributed by atoms with Gasteiger partial charge in [-0.05, 0) is 13.0 Å². The molecular formula is C17H26O11. The molecule has 3 aliphatic rings. The van der Waals surface area contributed by atoms with Crippen LogP contribution < -0.4 is 0 Å². The average molecular weight is 406 g/mol. The molecule has 0 bridgehead atoms. The van der Waals surface area contributed by atoms with Gasteiger partial charge in [0.05, 0.1) is 24.9 Å². The summed E-state index contributed by atoms with van der Waals surface area (Å²) in [6.07, 6.45) is -8.06. The van der Waals surface area contributed by atoms with Crippen LogP contribution >= 0.6 is 0 Å². The molecule has 2 fully saturated rings. The van der Waals surface area contributed by atoms with Crippen molar-refractivity contribution in [3.63, 3.8) is 0 Å². The van der Waals surface area contributed by atoms with Crippen LogP contribution in [0.3, 0.4) is 0 Å². The Morgan fingerprint density at radius 2 is 1.86 bits per heavy atom. The Balaban J connectivity index is 1.87. The van der Waals surface area contributed by atoms with E-state index in [1.165, 1.54) is 19.9 Å². The first-order valence-corrected chi connectivity index (χ1v) is 8.92. The number of rotatable bonds is 4. The molecule has 0 radical (unpaired) electrons. The number of fused-ring (bicyclic) bond motifs is 1. The minimum absolute atomic E-state index is 0.101. The standard InChI is InChI=1S/C17H26O11/c1-7(19)28-16(2)5-9(20)17(24)3-4-25-15(13(16)17)27-14-12(23)11(22)10(21)8(6-18)26-14/h3-4,8-15,18,20-24H,5-6H2,1-2H3/t8?,9?,10?,11?,12?,13?,14?,15?,16-,17?/m0/s1. The summed E-state index contributed by atoms with van der Waals surface area (Å²) < 4.78 is 21.7. The molecule has 1 aliphatic carbocycles. The summed E-state index contributed by atoms with van der Waals surface area (Å²) in [5.74, 6) is -1.74. The third-order valence-corrected chi connectivity index (χ3v) is 5.60. The van der Waals surface area contributed by atoms with Crippen LogP contribution in [0.15, 0.2) is 12.3 Å². The van der Waals surface area contributed by atoms with Crippen molar-refractivity contribution >= 4 is 5.97 Å². The summed E-state index contributed by atoms with van der Waals surface area (Å²) in [4.78, 5) is 11.6. The van der Waals surface area contributed by atoms with E-state index >= 15 is 0 Å². The number of hydrogen-bond acceptors (Lipinski definition) is 11. The number of esters is 1. The Kier molecular flexibility index (Phi) is 5.73. The highest BCUT2D eigenvalue weighted by Crippen LogP contribution is 2.51. The SMILES string of the molecule is CC(=O)O[C@@]1(C)CC(O)C2(O)C=COC(OC3OC(CO)C(O)C(O)C3O)C21. The Bertz CT molecular complexity index is 624. The molecule has 3 rings (SSSR count). The first-order valence-electron chi connectivity index (χ1n) is 8.92. The van der Waals surface area contributed by atoms with Crippen molar-refractivity contribution in [3.05, 3.63) is 12.3 Å². The molecule has 0 spiro atoms. The van der Waals surface area contributed by atoms with Crippen molar-refractivity contribution in [2.24, 2.45) is 5.92 Å². The van der Waals surface area contributed by atoms with Gasteiger partial charge in [-0.2, -0.15) is 0 Å². The zero-order valence-electron chi connectivity index (χ0n) is 15.4. The Morgan fingerprint density at radius 1 is 1.18 bits per heavy atom. The van der Waals surface area contributed by atoms with Crippen LogP contribution in [0.4, 0.5) is 0 Å². The number of carbonyl (C=O) groups is 1. The van der Waals surface area contributed by atoms with E-state index in [0.29, 0.717) is 0 Å². The van der Waals surface area contributed by atoms with Gasteiger partial charge in [-0.3, -0.25) is 4.79 Å². The maximum atomic E-state index is 11.6. The second kappa shape index (κ2) is 7.50. The number of hydrogen-bond donors (Lipinski definition) is 6. The summed E-state index contributed by atoms with van der Waals surface area (Å²) in [5.41, 5.74) is -3.22. The van der Waals surface area contributed by atoms with Crippen LogP contribution in [0, 0.1) is 5.92 Å². The van der Waals surface area contributed by atoms with Gasteiger partial charge in [0.1, 0.15) is 35.6 Å². The third kappa shape index (κ3) is 3.42. The molecule has 2 heterocycles. The molecule has 2 aliphatic heterocycles. The Morgan fingerprint density at radius 3 is 2.46 bits per heavy atom. The van der Waals surface area contributed by atoms with E-state index in [1.807, 2.05) is 0 Å². The van der Waals surface area contributed by atoms with Gasteiger partial charge in [0.2, 0.25) is 6.29 Å². The lowest BCUT2D eigenvalue weighted by atomic mass is 9.81. The molecule has 0 amide bonds. The lowest BCUT2D eigenvalue weighted by Crippen LogP contribution is -2.62. The molecule has 0 aromatic carbocycles. The molecule has 0 aromatic heterocycles. The van der Waals surface area contributed by atoms with Crippen molar-refractivity contribution in [2.75, 3.05) is 6.61 Å². The molecule has 10 atom stereocenters. The highest BCUT2D eigenvalue weighted by atomic mass is 16.8. The number of aliphatic hydroxyl groups is 6. The Labute approximate surface area is 160 Å². The van der Waals surface area contributed by atoms with Gasteiger partial charge >= 0.3 is 5.97 Å². The van der Waals surface area contributed by atoms with E-state index in [0.717, 1.165) is 6.26 Å². The largest absolute Gasteiger partial charge is 0.472 e. The van der Waals surface area contributed by atoms with Gasteiger partial charge in [-0.15, -0.1) is 0 Å². The van der Waals surface area contributed by atoms with Crippen molar-refractivity contribution in [2.45, 2.75) is 74.6 Å². The predicted octanol–water partition coefficient (Wildman–Crippen LogP) is -2.89. The number of aliphatic hydroxyl groups excluding tert-OH is 5. The molecule has 1 saturated carbocycles. The fourth-order valence-electron chi connectivity index (χ4n) is 4.25. The van der Waals surface area contributed by atoms with E-state index in [1.54, 1.807) is 0 Å². The molecule has 1 saturated heterocycles. The van der Waals surface area contributed by atoms with Crippen molar-refractivity contribution in [1.29, 1.82) is 0 Å². The van der Waals surface area contributed by atoms with Gasteiger partial charge in [0.15, 0.2) is 6.29 Å². The molecule has 11 nitrogen and oxygen atoms in total. The molecule has 0 aromatic rings. The van der Waals surface area contributed by atoms with Crippen LogP contribution in [0.25, 0.3) is 0 Å². The van der Waals surface area contributed by atoms with Crippen LogP contribution in [0.5, 0.6) is 0 Å². The minimum atomic E-state index is -1.85. The molecule has 6 N–H and O–H groups in total. The van der Waals surface area contributed by atoms with Gasteiger partial charge in [-0.1, -0.05) is 0 Å². The predicted molar refractivity (Wildman–Crippen MR) is 88.1 cm³/mol. The van der Waals surface area contributed by atoms with Gasteiger partial charge < -0.3 is 49.6 Å². The van der Waals surface area contributed by atoms with E-state index in [-0.39, 0.29) is 6.42 Å². The topological polar surface area (TPSA) is 175 Å². The zero-order valence-corrected chi connectivity index (χ0v) is 15.4. The highest BCUT2D eigenvalue weighted by molar-refractivity contribution is 5.66. The molecular weight excluding hydrogens is 380 g/mol. The minimum Gasteiger partial charge on any atom is -0.472 e. The van der Waals surface area contributed by atoms with Crippen molar-refractivity contribution in [3.8, 4) is 0 Å². The molecule has 11 heteroatoms. The lowest BCUT2D eigenvalue weighted by Gasteiger charge is -2.45. The molecule has 160 valence electrons. The van der Waals surface area contributed by atoms with Crippen LogP contribution in [-0.4, -0.2) is 97.5 Å². The van der Waals surface area contributed by atoms with E-state index in [9.17, 15) is 35.4 Å². The normalized spacial score (nSPS) is 50.7. The fourth-order valence-corrected chi connectivity index (χ4v) is 4.25. The molecule has 9 unspecified atom stereocenters. The summed E-state index contributed by atoms with van der Waals surface area (Å²) in [6, 6.07) is 0. The van der Waals surface area contributed by atoms with E-state index < -0.39 is 72.8 Å². The highest BCUT2D eigenvalue weighted by Gasteiger charge is 2.66. The number of ether oxygens (including phenoxy) is 4. The fraction of sp³-hybridized carbons (Fsp3) is 0.824. The molecule has 28 heavy (non-hydrogen) atoms. The second-order valence-electron chi connectivity index (χ2n) is 7.63. The third-order valence-electron chi connectivity index (χ3n) is 5.60. The number of carbonyl (C=O) groups excluding carboxylic acids is 1. The summed E-state index contributed by atoms with van der Waals surface area (Å²) in [7, 11) is 0. The van der Waals surface area contributed by atoms with Crippen LogP contribution in [0.1, 0.15) is 20.3 Å². The van der Waals surface area contributed by atoms with Crippen LogP contribution in [0.2, 0.25) is 0 Å². The summed E-state index contributed by atoms with van der Waals surface area (Å²) in [6.45, 7) is 2.04. The Hall–Kier alpha value is -1.31. The van der Waals surface area contributed by atoms with Gasteiger partial charge in [0, 0.05) is 13.3 Å². The van der Waals surface area contributed by atoms with Crippen LogP contribution in [-0.2, 0) is 23.7 Å². The second-order valence-corrected chi connectivity index (χ2v) is 7.63.